The number of esters is 1. The average Bonchev–Trinajstić information content (AvgIpc) is 3.01. The summed E-state index contributed by atoms with van der Waals surface area (Å²) >= 11 is 0. The Balaban J connectivity index is 1.67. The van der Waals surface area contributed by atoms with Crippen molar-refractivity contribution >= 4 is 17.7 Å². The smallest absolute Gasteiger partial charge is 0.405 e. The molecule has 8 heteroatoms. The van der Waals surface area contributed by atoms with E-state index in [4.69, 9.17) is 4.74 Å². The fraction of sp³-hybridized carbons (Fsp3) is 0.158. The van der Waals surface area contributed by atoms with Crippen LogP contribution in [0.3, 0.4) is 0 Å². The molecular formula is C19H18N4O4. The number of nitrogens with one attached hydrogen (secondary N) is 1. The molecule has 0 saturated carbocycles. The predicted octanol–water partition coefficient (Wildman–Crippen LogP) is 1.92. The Kier molecular flexibility index (Phi) is 5.16. The second kappa shape index (κ2) is 7.69. The van der Waals surface area contributed by atoms with Gasteiger partial charge in [-0.2, -0.15) is 9.83 Å². The van der Waals surface area contributed by atoms with Crippen LogP contribution in [0.4, 0.5) is 5.82 Å². The molecular weight excluding hydrogens is 348 g/mol. The van der Waals surface area contributed by atoms with Crippen molar-refractivity contribution in [3.63, 3.8) is 0 Å². The van der Waals surface area contributed by atoms with Gasteiger partial charge < -0.3 is 15.3 Å². The van der Waals surface area contributed by atoms with Crippen LogP contribution in [0, 0.1) is 19.1 Å². The lowest BCUT2D eigenvalue weighted by Gasteiger charge is -2.09. The molecule has 3 aromatic rings. The van der Waals surface area contributed by atoms with Gasteiger partial charge in [0.25, 0.3) is 5.91 Å². The van der Waals surface area contributed by atoms with Gasteiger partial charge in [0.2, 0.25) is 0 Å². The summed E-state index contributed by atoms with van der Waals surface area (Å²) in [6.07, 6.45) is 1.18. The van der Waals surface area contributed by atoms with Crippen LogP contribution in [-0.2, 0) is 9.53 Å². The number of hydrogen-bond donors (Lipinski definition) is 1. The van der Waals surface area contributed by atoms with E-state index in [0.717, 1.165) is 16.9 Å². The van der Waals surface area contributed by atoms with Crippen molar-refractivity contribution in [3.8, 4) is 5.69 Å². The van der Waals surface area contributed by atoms with Crippen molar-refractivity contribution in [2.24, 2.45) is 0 Å². The number of aryl methyl sites for hydroxylation is 2. The van der Waals surface area contributed by atoms with E-state index in [1.54, 1.807) is 10.7 Å². The maximum Gasteiger partial charge on any atom is 0.405 e. The first-order valence-electron chi connectivity index (χ1n) is 8.23. The number of aromatic nitrogens is 3. The van der Waals surface area contributed by atoms with Crippen LogP contribution in [0.15, 0.2) is 54.7 Å². The van der Waals surface area contributed by atoms with E-state index in [1.807, 2.05) is 38.1 Å². The molecule has 0 spiro atoms. The minimum atomic E-state index is -0.871. The van der Waals surface area contributed by atoms with Crippen molar-refractivity contribution in [2.75, 3.05) is 11.9 Å². The molecule has 27 heavy (non-hydrogen) atoms. The number of ether oxygens (including phenoxy) is 1. The van der Waals surface area contributed by atoms with Crippen molar-refractivity contribution < 1.29 is 19.1 Å². The van der Waals surface area contributed by atoms with E-state index in [-0.39, 0.29) is 5.69 Å². The lowest BCUT2D eigenvalue weighted by molar-refractivity contribution is -0.608. The van der Waals surface area contributed by atoms with Crippen LogP contribution in [0.2, 0.25) is 0 Å². The van der Waals surface area contributed by atoms with Gasteiger partial charge in [0.05, 0.1) is 11.4 Å². The van der Waals surface area contributed by atoms with E-state index in [0.29, 0.717) is 10.5 Å². The third-order valence-corrected chi connectivity index (χ3v) is 3.75. The lowest BCUT2D eigenvalue weighted by atomic mass is 10.2. The quantitative estimate of drug-likeness (QED) is 0.422. The molecule has 0 unspecified atom stereocenters. The molecule has 1 amide bonds. The molecule has 1 N–H and O–H groups in total. The monoisotopic (exact) mass is 366 g/mol. The van der Waals surface area contributed by atoms with Gasteiger partial charge in [0, 0.05) is 18.2 Å². The van der Waals surface area contributed by atoms with Crippen molar-refractivity contribution in [1.82, 2.24) is 9.78 Å². The van der Waals surface area contributed by atoms with Gasteiger partial charge in [-0.25, -0.2) is 9.48 Å². The highest BCUT2D eigenvalue weighted by atomic mass is 16.5. The fourth-order valence-corrected chi connectivity index (χ4v) is 2.44. The summed E-state index contributed by atoms with van der Waals surface area (Å²) in [5.41, 5.74) is 2.43. The normalized spacial score (nSPS) is 10.4. The molecule has 0 radical (unpaired) electrons. The van der Waals surface area contributed by atoms with Gasteiger partial charge >= 0.3 is 11.7 Å². The summed E-state index contributed by atoms with van der Waals surface area (Å²) in [4.78, 5) is 24.1. The number of amides is 1. The predicted molar refractivity (Wildman–Crippen MR) is 97.4 cm³/mol. The minimum Gasteiger partial charge on any atom is -0.618 e. The molecule has 3 rings (SSSR count). The van der Waals surface area contributed by atoms with Gasteiger partial charge in [-0.05, 0) is 32.0 Å². The molecule has 0 atom stereocenters. The summed E-state index contributed by atoms with van der Waals surface area (Å²) in [6.45, 7) is 3.27. The number of carbonyl (C=O) groups excluding carboxylic acids is 2. The zero-order valence-corrected chi connectivity index (χ0v) is 14.9. The van der Waals surface area contributed by atoms with Gasteiger partial charge in [-0.3, -0.25) is 4.79 Å². The van der Waals surface area contributed by atoms with Gasteiger partial charge in [-0.1, -0.05) is 17.7 Å². The van der Waals surface area contributed by atoms with Crippen LogP contribution in [0.1, 0.15) is 21.7 Å². The van der Waals surface area contributed by atoms with Crippen LogP contribution in [0.25, 0.3) is 5.69 Å². The third-order valence-electron chi connectivity index (χ3n) is 3.75. The molecule has 0 saturated heterocycles. The Bertz CT molecular complexity index is 980. The summed E-state index contributed by atoms with van der Waals surface area (Å²) in [6, 6.07) is 13.7. The minimum absolute atomic E-state index is 0.189. The van der Waals surface area contributed by atoms with Gasteiger partial charge in [0.1, 0.15) is 5.82 Å². The first kappa shape index (κ1) is 18.1. The summed E-state index contributed by atoms with van der Waals surface area (Å²) in [5.74, 6) is -0.954. The fourth-order valence-electron chi connectivity index (χ4n) is 2.44. The van der Waals surface area contributed by atoms with E-state index >= 15 is 0 Å². The van der Waals surface area contributed by atoms with Crippen LogP contribution in [0.5, 0.6) is 0 Å². The summed E-state index contributed by atoms with van der Waals surface area (Å²) < 4.78 is 6.89. The molecule has 8 nitrogen and oxygen atoms in total. The van der Waals surface area contributed by atoms with E-state index in [9.17, 15) is 14.8 Å². The number of nitrogens with zero attached hydrogens (tertiary/aromatic N) is 3. The molecule has 0 aliphatic carbocycles. The standard InChI is InChI=1S/C19H18N4O4/c1-13-6-8-15(9-7-13)23-17(11-14(2)21-23)20-18(24)12-27-19(25)16-5-3-4-10-22(16)26/h3-11H,12H2,1-2H3,(H,20,24). The molecule has 0 bridgehead atoms. The molecule has 0 aliphatic rings. The maximum absolute atomic E-state index is 12.2. The molecule has 2 heterocycles. The first-order chi connectivity index (χ1) is 12.9. The van der Waals surface area contributed by atoms with Crippen LogP contribution >= 0.6 is 0 Å². The molecule has 0 aliphatic heterocycles. The third kappa shape index (κ3) is 4.30. The Labute approximate surface area is 155 Å². The molecule has 2 aromatic heterocycles. The Morgan fingerprint density at radius 2 is 1.93 bits per heavy atom. The largest absolute Gasteiger partial charge is 0.618 e. The highest BCUT2D eigenvalue weighted by Crippen LogP contribution is 2.17. The number of anilines is 1. The first-order valence-corrected chi connectivity index (χ1v) is 8.23. The highest BCUT2D eigenvalue weighted by molar-refractivity contribution is 5.94. The second-order valence-corrected chi connectivity index (χ2v) is 5.95. The van der Waals surface area contributed by atoms with Crippen molar-refractivity contribution in [1.29, 1.82) is 0 Å². The van der Waals surface area contributed by atoms with E-state index < -0.39 is 18.5 Å². The highest BCUT2D eigenvalue weighted by Gasteiger charge is 2.19. The number of carbonyl (C=O) groups is 2. The molecule has 138 valence electrons. The lowest BCUT2D eigenvalue weighted by Crippen LogP contribution is -2.35. The van der Waals surface area contributed by atoms with Crippen molar-refractivity contribution in [2.45, 2.75) is 13.8 Å². The number of benzene rings is 1. The van der Waals surface area contributed by atoms with E-state index in [1.165, 1.54) is 24.4 Å². The molecule has 1 aromatic carbocycles. The summed E-state index contributed by atoms with van der Waals surface area (Å²) in [7, 11) is 0. The Morgan fingerprint density at radius 3 is 2.63 bits per heavy atom. The zero-order valence-electron chi connectivity index (χ0n) is 14.9. The van der Waals surface area contributed by atoms with Crippen LogP contribution < -0.4 is 10.0 Å². The van der Waals surface area contributed by atoms with E-state index in [2.05, 4.69) is 10.4 Å². The Morgan fingerprint density at radius 1 is 1.19 bits per heavy atom. The number of hydrogen-bond acceptors (Lipinski definition) is 5. The molecule has 0 fully saturated rings. The second-order valence-electron chi connectivity index (χ2n) is 5.95. The number of rotatable bonds is 5. The summed E-state index contributed by atoms with van der Waals surface area (Å²) in [5, 5.41) is 18.6. The van der Waals surface area contributed by atoms with Gasteiger partial charge in [-0.15, -0.1) is 0 Å². The van der Waals surface area contributed by atoms with Crippen molar-refractivity contribution in [3.05, 3.63) is 76.9 Å². The maximum atomic E-state index is 12.2. The number of pyridine rings is 1. The average molecular weight is 366 g/mol. The zero-order chi connectivity index (χ0) is 19.4. The van der Waals surface area contributed by atoms with Crippen LogP contribution in [-0.4, -0.2) is 28.3 Å². The SMILES string of the molecule is Cc1ccc(-n2nc(C)cc2NC(=O)COC(=O)c2cccc[n+]2[O-])cc1. The van der Waals surface area contributed by atoms with Gasteiger partial charge in [0.15, 0.2) is 12.8 Å². The Hall–Kier alpha value is -3.68. The topological polar surface area (TPSA) is 100 Å².